The molecule has 3 N–H and O–H groups in total. The van der Waals surface area contributed by atoms with Crippen LogP contribution in [0.25, 0.3) is 0 Å². The van der Waals surface area contributed by atoms with Crippen molar-refractivity contribution in [1.82, 2.24) is 10.2 Å². The van der Waals surface area contributed by atoms with Crippen molar-refractivity contribution in [2.24, 2.45) is 0 Å². The quantitative estimate of drug-likeness (QED) is 0.277. The van der Waals surface area contributed by atoms with Crippen LogP contribution in [0.1, 0.15) is 58.5 Å². The molecule has 1 unspecified atom stereocenters. The Hall–Kier alpha value is -2.92. The molecule has 2 aromatic carbocycles. The Morgan fingerprint density at radius 3 is 2.21 bits per heavy atom. The minimum absolute atomic E-state index is 0.119. The predicted octanol–water partition coefficient (Wildman–Crippen LogP) is 3.26. The van der Waals surface area contributed by atoms with Crippen LogP contribution >= 0.6 is 0 Å². The van der Waals surface area contributed by atoms with Gasteiger partial charge in [0.25, 0.3) is 11.8 Å². The third-order valence-corrected chi connectivity index (χ3v) is 6.21. The SMILES string of the molecule is CCCN(CCC)C(=O)c1ccc(C(=O)N[C@@H](Cc2cc(F)cc(F)c2)[C@@H](O)C(O)COCCOC)c(C)c1. The second kappa shape index (κ2) is 16.2. The van der Waals surface area contributed by atoms with Gasteiger partial charge in [-0.2, -0.15) is 0 Å². The summed E-state index contributed by atoms with van der Waals surface area (Å²) in [6.45, 7) is 7.19. The van der Waals surface area contributed by atoms with E-state index in [1.807, 2.05) is 13.8 Å². The molecule has 0 radical (unpaired) electrons. The summed E-state index contributed by atoms with van der Waals surface area (Å²) < 4.78 is 37.8. The molecule has 2 aromatic rings. The number of nitrogens with one attached hydrogen (secondary N) is 1. The first-order valence-electron chi connectivity index (χ1n) is 13.2. The van der Waals surface area contributed by atoms with Crippen LogP contribution in [0.2, 0.25) is 0 Å². The summed E-state index contributed by atoms with van der Waals surface area (Å²) in [6, 6.07) is 6.56. The number of benzene rings is 2. The van der Waals surface area contributed by atoms with E-state index in [1.165, 1.54) is 13.2 Å². The molecule has 0 bridgehead atoms. The zero-order chi connectivity index (χ0) is 28.9. The van der Waals surface area contributed by atoms with Gasteiger partial charge in [0.15, 0.2) is 0 Å². The number of aliphatic hydroxyl groups is 2. The smallest absolute Gasteiger partial charge is 0.253 e. The van der Waals surface area contributed by atoms with Crippen molar-refractivity contribution in [3.8, 4) is 0 Å². The van der Waals surface area contributed by atoms with Crippen LogP contribution in [0.4, 0.5) is 8.78 Å². The van der Waals surface area contributed by atoms with E-state index in [1.54, 1.807) is 24.0 Å². The summed E-state index contributed by atoms with van der Waals surface area (Å²) in [4.78, 5) is 28.0. The van der Waals surface area contributed by atoms with Crippen molar-refractivity contribution in [1.29, 1.82) is 0 Å². The maximum absolute atomic E-state index is 13.8. The molecule has 0 aromatic heterocycles. The van der Waals surface area contributed by atoms with E-state index in [0.717, 1.165) is 31.0 Å². The summed E-state index contributed by atoms with van der Waals surface area (Å²) in [5.41, 5.74) is 1.45. The molecule has 0 aliphatic rings. The van der Waals surface area contributed by atoms with Gasteiger partial charge in [-0.15, -0.1) is 0 Å². The number of rotatable bonds is 16. The normalized spacial score (nSPS) is 13.5. The molecule has 0 aliphatic carbocycles. The molecule has 0 saturated heterocycles. The van der Waals surface area contributed by atoms with Gasteiger partial charge in [0.05, 0.1) is 25.9 Å². The van der Waals surface area contributed by atoms with E-state index in [4.69, 9.17) is 9.47 Å². The Labute approximate surface area is 228 Å². The molecule has 0 aliphatic heterocycles. The third kappa shape index (κ3) is 9.96. The number of carbonyl (C=O) groups is 2. The highest BCUT2D eigenvalue weighted by Crippen LogP contribution is 2.17. The molecule has 10 heteroatoms. The second-order valence-corrected chi connectivity index (χ2v) is 9.51. The molecule has 39 heavy (non-hydrogen) atoms. The Morgan fingerprint density at radius 2 is 1.64 bits per heavy atom. The highest BCUT2D eigenvalue weighted by molar-refractivity contribution is 5.99. The van der Waals surface area contributed by atoms with E-state index in [0.29, 0.717) is 24.2 Å². The number of halogens is 2. The first kappa shape index (κ1) is 32.3. The molecule has 2 rings (SSSR count). The zero-order valence-electron chi connectivity index (χ0n) is 23.1. The molecular weight excluding hydrogens is 510 g/mol. The van der Waals surface area contributed by atoms with Crippen molar-refractivity contribution in [3.05, 3.63) is 70.3 Å². The van der Waals surface area contributed by atoms with Gasteiger partial charge in [0.1, 0.15) is 23.8 Å². The molecule has 0 spiro atoms. The van der Waals surface area contributed by atoms with Crippen LogP contribution in [0.15, 0.2) is 36.4 Å². The second-order valence-electron chi connectivity index (χ2n) is 9.51. The minimum Gasteiger partial charge on any atom is -0.388 e. The Bertz CT molecular complexity index is 1060. The summed E-state index contributed by atoms with van der Waals surface area (Å²) in [5, 5.41) is 24.0. The fraction of sp³-hybridized carbons (Fsp3) is 0.517. The van der Waals surface area contributed by atoms with Crippen molar-refractivity contribution in [2.75, 3.05) is 40.0 Å². The van der Waals surface area contributed by atoms with Gasteiger partial charge in [0.2, 0.25) is 0 Å². The van der Waals surface area contributed by atoms with Crippen LogP contribution in [-0.2, 0) is 15.9 Å². The third-order valence-electron chi connectivity index (χ3n) is 6.21. The van der Waals surface area contributed by atoms with Gasteiger partial charge in [-0.3, -0.25) is 9.59 Å². The van der Waals surface area contributed by atoms with Crippen LogP contribution in [0.5, 0.6) is 0 Å². The number of methoxy groups -OCH3 is 1. The van der Waals surface area contributed by atoms with Gasteiger partial charge in [-0.1, -0.05) is 13.8 Å². The van der Waals surface area contributed by atoms with Crippen LogP contribution in [0.3, 0.4) is 0 Å². The van der Waals surface area contributed by atoms with E-state index in [2.05, 4.69) is 5.32 Å². The molecule has 8 nitrogen and oxygen atoms in total. The number of ether oxygens (including phenoxy) is 2. The molecule has 0 fully saturated rings. The van der Waals surface area contributed by atoms with Gasteiger partial charge in [-0.05, 0) is 67.6 Å². The number of aryl methyl sites for hydroxylation is 1. The lowest BCUT2D eigenvalue weighted by atomic mass is 9.96. The molecule has 0 heterocycles. The molecule has 3 atom stereocenters. The lowest BCUT2D eigenvalue weighted by Gasteiger charge is -2.28. The summed E-state index contributed by atoms with van der Waals surface area (Å²) in [5.74, 6) is -2.29. The Kier molecular flexibility index (Phi) is 13.5. The van der Waals surface area contributed by atoms with Crippen molar-refractivity contribution in [3.63, 3.8) is 0 Å². The molecule has 216 valence electrons. The lowest BCUT2D eigenvalue weighted by Crippen LogP contribution is -2.51. The number of nitrogens with zero attached hydrogens (tertiary/aromatic N) is 1. The van der Waals surface area contributed by atoms with Crippen LogP contribution in [-0.4, -0.2) is 85.2 Å². The first-order valence-corrected chi connectivity index (χ1v) is 13.2. The fourth-order valence-corrected chi connectivity index (χ4v) is 4.29. The van der Waals surface area contributed by atoms with Crippen molar-refractivity contribution < 1.29 is 38.1 Å². The number of amides is 2. The number of hydrogen-bond donors (Lipinski definition) is 3. The Morgan fingerprint density at radius 1 is 1.00 bits per heavy atom. The minimum atomic E-state index is -1.51. The standard InChI is InChI=1S/C29H40F2N2O6/c1-5-9-33(10-6-2)29(37)21-7-8-24(19(3)13-21)28(36)32-25(16-20-14-22(30)17-23(31)15-20)27(35)26(34)18-39-12-11-38-4/h7-8,13-15,17,25-27,34-35H,5-6,9-12,16,18H2,1-4H3,(H,32,36)/t25-,26?,27+/m0/s1. The topological polar surface area (TPSA) is 108 Å². The number of aliphatic hydroxyl groups excluding tert-OH is 2. The van der Waals surface area contributed by atoms with E-state index in [-0.39, 0.29) is 43.3 Å². The summed E-state index contributed by atoms with van der Waals surface area (Å²) in [7, 11) is 1.50. The van der Waals surface area contributed by atoms with Crippen LogP contribution < -0.4 is 5.32 Å². The van der Waals surface area contributed by atoms with Gasteiger partial charge in [0, 0.05) is 37.4 Å². The van der Waals surface area contributed by atoms with E-state index < -0.39 is 35.8 Å². The van der Waals surface area contributed by atoms with Crippen LogP contribution in [0, 0.1) is 18.6 Å². The van der Waals surface area contributed by atoms with Gasteiger partial charge in [-0.25, -0.2) is 8.78 Å². The van der Waals surface area contributed by atoms with E-state index in [9.17, 15) is 28.6 Å². The molecular formula is C29H40F2N2O6. The molecule has 2 amide bonds. The van der Waals surface area contributed by atoms with Gasteiger partial charge < -0.3 is 29.9 Å². The van der Waals surface area contributed by atoms with Crippen molar-refractivity contribution >= 4 is 11.8 Å². The average molecular weight is 551 g/mol. The predicted molar refractivity (Wildman–Crippen MR) is 144 cm³/mol. The highest BCUT2D eigenvalue weighted by atomic mass is 19.1. The van der Waals surface area contributed by atoms with Crippen molar-refractivity contribution in [2.45, 2.75) is 58.3 Å². The Balaban J connectivity index is 2.25. The summed E-state index contributed by atoms with van der Waals surface area (Å²) in [6.07, 6.45) is -1.41. The highest BCUT2D eigenvalue weighted by Gasteiger charge is 2.29. The summed E-state index contributed by atoms with van der Waals surface area (Å²) >= 11 is 0. The molecule has 0 saturated carbocycles. The monoisotopic (exact) mass is 550 g/mol. The maximum Gasteiger partial charge on any atom is 0.253 e. The zero-order valence-corrected chi connectivity index (χ0v) is 23.1. The number of carbonyl (C=O) groups excluding carboxylic acids is 2. The first-order chi connectivity index (χ1) is 18.6. The van der Waals surface area contributed by atoms with E-state index >= 15 is 0 Å². The largest absolute Gasteiger partial charge is 0.388 e. The maximum atomic E-state index is 13.8. The average Bonchev–Trinajstić information content (AvgIpc) is 2.89. The van der Waals surface area contributed by atoms with Gasteiger partial charge >= 0.3 is 0 Å². The number of hydrogen-bond acceptors (Lipinski definition) is 6. The lowest BCUT2D eigenvalue weighted by molar-refractivity contribution is -0.0568. The fourth-order valence-electron chi connectivity index (χ4n) is 4.29.